The number of rotatable bonds is 4. The predicted octanol–water partition coefficient (Wildman–Crippen LogP) is 5.19. The number of hydrogen-bond acceptors (Lipinski definition) is 5. The summed E-state index contributed by atoms with van der Waals surface area (Å²) in [4.78, 5) is 16.1. The van der Waals surface area contributed by atoms with Crippen LogP contribution in [0.25, 0.3) is 5.69 Å². The molecule has 0 aliphatic carbocycles. The van der Waals surface area contributed by atoms with Crippen molar-refractivity contribution in [3.63, 3.8) is 0 Å². The van der Waals surface area contributed by atoms with E-state index < -0.39 is 5.91 Å². The summed E-state index contributed by atoms with van der Waals surface area (Å²) < 4.78 is 1.50. The van der Waals surface area contributed by atoms with Gasteiger partial charge < -0.3 is 5.73 Å². The van der Waals surface area contributed by atoms with Gasteiger partial charge in [-0.3, -0.25) is 4.79 Å². The van der Waals surface area contributed by atoms with Gasteiger partial charge in [-0.05, 0) is 25.1 Å². The number of halogens is 5. The molecule has 150 valence electrons. The number of benzene rings is 1. The number of hydrazone groups is 1. The molecule has 0 spiro atoms. The summed E-state index contributed by atoms with van der Waals surface area (Å²) >= 11 is 30.1. The van der Waals surface area contributed by atoms with Crippen molar-refractivity contribution in [2.45, 2.75) is 6.92 Å². The first-order valence-corrected chi connectivity index (χ1v) is 9.74. The van der Waals surface area contributed by atoms with Gasteiger partial charge in [-0.2, -0.15) is 10.2 Å². The van der Waals surface area contributed by atoms with Gasteiger partial charge in [0.25, 0.3) is 5.91 Å². The van der Waals surface area contributed by atoms with E-state index in [-0.39, 0.29) is 31.7 Å². The second-order valence-electron chi connectivity index (χ2n) is 5.67. The van der Waals surface area contributed by atoms with Gasteiger partial charge in [-0.25, -0.2) is 15.1 Å². The number of aryl methyl sites for hydroxylation is 1. The first-order valence-electron chi connectivity index (χ1n) is 7.85. The van der Waals surface area contributed by atoms with Crippen molar-refractivity contribution in [3.8, 4) is 5.69 Å². The number of carbonyl (C=O) groups is 1. The molecule has 1 aromatic carbocycles. The van der Waals surface area contributed by atoms with E-state index in [9.17, 15) is 4.79 Å². The van der Waals surface area contributed by atoms with Crippen LogP contribution in [0, 0.1) is 6.92 Å². The molecule has 12 heteroatoms. The quantitative estimate of drug-likeness (QED) is 0.298. The molecule has 0 saturated carbocycles. The van der Waals surface area contributed by atoms with Crippen LogP contribution < -0.4 is 11.2 Å². The Morgan fingerprint density at radius 3 is 2.62 bits per heavy atom. The first-order chi connectivity index (χ1) is 13.7. The average Bonchev–Trinajstić information content (AvgIpc) is 2.97. The number of aromatic nitrogens is 3. The summed E-state index contributed by atoms with van der Waals surface area (Å²) in [6, 6.07) is 7.03. The number of nitrogens with zero attached hydrogens (tertiary/aromatic N) is 4. The van der Waals surface area contributed by atoms with E-state index in [0.29, 0.717) is 22.0 Å². The van der Waals surface area contributed by atoms with Crippen molar-refractivity contribution in [2.24, 2.45) is 5.10 Å². The molecule has 7 nitrogen and oxygen atoms in total. The molecule has 0 fully saturated rings. The minimum atomic E-state index is -0.729. The first kappa shape index (κ1) is 21.7. The molecule has 2 aromatic heterocycles. The summed E-state index contributed by atoms with van der Waals surface area (Å²) in [5.41, 5.74) is 9.49. The van der Waals surface area contributed by atoms with Gasteiger partial charge in [0.05, 0.1) is 33.9 Å². The fraction of sp³-hybridized carbons (Fsp3) is 0.0588. The van der Waals surface area contributed by atoms with E-state index in [4.69, 9.17) is 63.7 Å². The fourth-order valence-electron chi connectivity index (χ4n) is 2.33. The molecule has 2 heterocycles. The van der Waals surface area contributed by atoms with Crippen molar-refractivity contribution in [2.75, 3.05) is 5.73 Å². The molecular formula is C17H11Cl5N6O. The monoisotopic (exact) mass is 490 g/mol. The van der Waals surface area contributed by atoms with Gasteiger partial charge >= 0.3 is 0 Å². The van der Waals surface area contributed by atoms with Crippen LogP contribution in [0.5, 0.6) is 0 Å². The van der Waals surface area contributed by atoms with Crippen LogP contribution in [0.3, 0.4) is 0 Å². The molecule has 0 unspecified atom stereocenters. The number of nitrogen functional groups attached to an aromatic ring is 1. The molecule has 0 atom stereocenters. The standard InChI is InChI=1S/C17H11Cl5N6O/c1-7-10(16(22)28(27-7)9-4-2-3-8(18)5-9)6-24-26-17(29)14-11(19)13(23)12(20)15(21)25-14/h2-6H,1H3,(H2,23,25)(H,26,29)/b24-6-. The van der Waals surface area contributed by atoms with Crippen LogP contribution in [-0.2, 0) is 0 Å². The third kappa shape index (κ3) is 4.44. The lowest BCUT2D eigenvalue weighted by atomic mass is 10.3. The fourth-order valence-corrected chi connectivity index (χ4v) is 3.43. The van der Waals surface area contributed by atoms with Gasteiger partial charge in [-0.1, -0.05) is 64.1 Å². The molecule has 3 rings (SSSR count). The lowest BCUT2D eigenvalue weighted by Crippen LogP contribution is -2.20. The smallest absolute Gasteiger partial charge is 0.291 e. The van der Waals surface area contributed by atoms with Crippen LogP contribution in [0.2, 0.25) is 25.4 Å². The van der Waals surface area contributed by atoms with Gasteiger partial charge in [0.2, 0.25) is 0 Å². The van der Waals surface area contributed by atoms with Crippen LogP contribution in [-0.4, -0.2) is 26.9 Å². The highest BCUT2D eigenvalue weighted by atomic mass is 35.5. The van der Waals surface area contributed by atoms with Gasteiger partial charge in [-0.15, -0.1) is 0 Å². The zero-order chi connectivity index (χ0) is 21.3. The number of nitrogens with two attached hydrogens (primary N) is 1. The maximum atomic E-state index is 12.3. The summed E-state index contributed by atoms with van der Waals surface area (Å²) in [7, 11) is 0. The molecule has 0 bridgehead atoms. The van der Waals surface area contributed by atoms with Crippen molar-refractivity contribution in [1.82, 2.24) is 20.2 Å². The molecule has 0 saturated heterocycles. The summed E-state index contributed by atoms with van der Waals surface area (Å²) in [6.45, 7) is 1.74. The third-order valence-corrected chi connectivity index (χ3v) is 5.48. The zero-order valence-corrected chi connectivity index (χ0v) is 18.3. The van der Waals surface area contributed by atoms with E-state index in [2.05, 4.69) is 20.6 Å². The SMILES string of the molecule is Cc1nn(-c2cccc(Cl)c2)c(Cl)c1/C=N\NC(=O)c1nc(Cl)c(Cl)c(N)c1Cl. The summed E-state index contributed by atoms with van der Waals surface area (Å²) in [5, 5.41) is 8.77. The van der Waals surface area contributed by atoms with Crippen molar-refractivity contribution in [1.29, 1.82) is 0 Å². The number of pyridine rings is 1. The van der Waals surface area contributed by atoms with Gasteiger partial charge in [0.1, 0.15) is 10.2 Å². The van der Waals surface area contributed by atoms with Crippen LogP contribution >= 0.6 is 58.0 Å². The second-order valence-corrected chi connectivity index (χ2v) is 7.58. The minimum absolute atomic E-state index is 0.0347. The molecule has 3 N–H and O–H groups in total. The largest absolute Gasteiger partial charge is 0.396 e. The van der Waals surface area contributed by atoms with Crippen molar-refractivity contribution in [3.05, 3.63) is 66.6 Å². The number of carbonyl (C=O) groups excluding carboxylic acids is 1. The summed E-state index contributed by atoms with van der Waals surface area (Å²) in [6.07, 6.45) is 1.35. The Bertz CT molecular complexity index is 1140. The topological polar surface area (TPSA) is 98.2 Å². The molecule has 29 heavy (non-hydrogen) atoms. The van der Waals surface area contributed by atoms with Crippen LogP contribution in [0.15, 0.2) is 29.4 Å². The van der Waals surface area contributed by atoms with Crippen LogP contribution in [0.1, 0.15) is 21.7 Å². The van der Waals surface area contributed by atoms with E-state index >= 15 is 0 Å². The Morgan fingerprint density at radius 2 is 1.93 bits per heavy atom. The number of amides is 1. The maximum Gasteiger partial charge on any atom is 0.291 e. The Labute approximate surface area is 190 Å². The maximum absolute atomic E-state index is 12.3. The number of hydrogen-bond donors (Lipinski definition) is 2. The molecule has 1 amide bonds. The van der Waals surface area contributed by atoms with Gasteiger partial charge in [0, 0.05) is 5.02 Å². The van der Waals surface area contributed by atoms with E-state index in [1.54, 1.807) is 31.2 Å². The Kier molecular flexibility index (Phi) is 6.55. The molecule has 0 aliphatic rings. The molecule has 3 aromatic rings. The highest BCUT2D eigenvalue weighted by molar-refractivity contribution is 6.46. The molecular weight excluding hydrogens is 481 g/mol. The van der Waals surface area contributed by atoms with E-state index in [1.807, 2.05) is 0 Å². The van der Waals surface area contributed by atoms with Crippen LogP contribution in [0.4, 0.5) is 5.69 Å². The Morgan fingerprint density at radius 1 is 1.21 bits per heavy atom. The third-order valence-electron chi connectivity index (χ3n) is 3.75. The average molecular weight is 493 g/mol. The minimum Gasteiger partial charge on any atom is -0.396 e. The van der Waals surface area contributed by atoms with Crippen molar-refractivity contribution < 1.29 is 4.79 Å². The normalized spacial score (nSPS) is 11.2. The second kappa shape index (κ2) is 8.77. The number of anilines is 1. The highest BCUT2D eigenvalue weighted by Crippen LogP contribution is 2.34. The van der Waals surface area contributed by atoms with Gasteiger partial charge in [0.15, 0.2) is 10.8 Å². The lowest BCUT2D eigenvalue weighted by molar-refractivity contribution is 0.0950. The highest BCUT2D eigenvalue weighted by Gasteiger charge is 2.20. The summed E-state index contributed by atoms with van der Waals surface area (Å²) in [5.74, 6) is -0.729. The molecule has 0 aliphatic heterocycles. The molecule has 0 radical (unpaired) electrons. The van der Waals surface area contributed by atoms with Crippen molar-refractivity contribution >= 4 is 75.8 Å². The van der Waals surface area contributed by atoms with E-state index in [0.717, 1.165) is 0 Å². The van der Waals surface area contributed by atoms with E-state index in [1.165, 1.54) is 10.9 Å². The zero-order valence-electron chi connectivity index (χ0n) is 14.6. The number of nitrogens with one attached hydrogen (secondary N) is 1. The Hall–Kier alpha value is -2.03. The Balaban J connectivity index is 1.84. The predicted molar refractivity (Wildman–Crippen MR) is 117 cm³/mol. The lowest BCUT2D eigenvalue weighted by Gasteiger charge is -2.07.